The van der Waals surface area contributed by atoms with Crippen molar-refractivity contribution in [1.82, 2.24) is 63.5 Å². The number of aromatic nitrogens is 1. The Kier molecular flexibility index (Phi) is 52.3. The van der Waals surface area contributed by atoms with Crippen LogP contribution in [0.5, 0.6) is 5.75 Å². The van der Waals surface area contributed by atoms with E-state index in [1.165, 1.54) is 37.8 Å². The van der Waals surface area contributed by atoms with E-state index in [9.17, 15) is 105 Å². The first kappa shape index (κ1) is 109. The Labute approximate surface area is 743 Å². The number of amides is 12. The lowest BCUT2D eigenvalue weighted by Gasteiger charge is -2.27. The monoisotopic (exact) mass is 1820 g/mol. The zero-order chi connectivity index (χ0) is 94.2. The summed E-state index contributed by atoms with van der Waals surface area (Å²) < 4.78 is 58.3. The highest BCUT2D eigenvalue weighted by Crippen LogP contribution is 2.22. The highest BCUT2D eigenvalue weighted by atomic mass is 32.3. The Balaban J connectivity index is 1.25. The number of rotatable bonds is 71. The first-order valence-electron chi connectivity index (χ1n) is 43.1. The van der Waals surface area contributed by atoms with Gasteiger partial charge in [-0.1, -0.05) is 171 Å². The van der Waals surface area contributed by atoms with Crippen LogP contribution in [0.2, 0.25) is 0 Å². The first-order chi connectivity index (χ1) is 61.1. The Morgan fingerprint density at radius 3 is 1.41 bits per heavy atom. The highest BCUT2D eigenvalue weighted by molar-refractivity contribution is 7.81. The van der Waals surface area contributed by atoms with Crippen LogP contribution in [0.1, 0.15) is 192 Å². The van der Waals surface area contributed by atoms with Crippen molar-refractivity contribution in [3.63, 3.8) is 0 Å². The number of hydrogen-bond acceptors (Lipinski definition) is 23. The molecule has 0 saturated heterocycles. The molecule has 3 aromatic carbocycles. The van der Waals surface area contributed by atoms with Crippen LogP contribution in [0.3, 0.4) is 0 Å². The van der Waals surface area contributed by atoms with Gasteiger partial charge < -0.3 is 113 Å². The van der Waals surface area contributed by atoms with Crippen molar-refractivity contribution in [1.29, 1.82) is 0 Å². The van der Waals surface area contributed by atoms with Gasteiger partial charge in [-0.05, 0) is 72.9 Å². The van der Waals surface area contributed by atoms with Gasteiger partial charge in [0.1, 0.15) is 67.3 Å². The Hall–Kier alpha value is -11.7. The number of H-pyrrole nitrogens is 1. The number of carboxylic acid groups (broad SMARTS) is 4. The maximum Gasteiger partial charge on any atom is 0.446 e. The number of benzene rings is 3. The average molecular weight is 1820 g/mol. The second-order valence-corrected chi connectivity index (χ2v) is 32.1. The minimum Gasteiger partial charge on any atom is -0.481 e. The molecule has 0 unspecified atom stereocenters. The molecule has 0 aliphatic rings. The van der Waals surface area contributed by atoms with Crippen molar-refractivity contribution in [3.05, 3.63) is 102 Å². The van der Waals surface area contributed by atoms with Crippen LogP contribution in [0.15, 0.2) is 85.1 Å². The average Bonchev–Trinajstić information content (AvgIpc) is 1.68. The molecule has 42 heteroatoms. The smallest absolute Gasteiger partial charge is 0.446 e. The van der Waals surface area contributed by atoms with Crippen molar-refractivity contribution in [3.8, 4) is 5.75 Å². The number of aliphatic carboxylic acids is 4. The highest BCUT2D eigenvalue weighted by Gasteiger charge is 2.36. The lowest BCUT2D eigenvalue weighted by atomic mass is 10.00. The van der Waals surface area contributed by atoms with Crippen LogP contribution < -0.4 is 68.4 Å². The number of fused-ring (bicyclic) bond motifs is 1. The number of primary amides is 1. The number of carbonyl (C=O) groups excluding carboxylic acids is 12. The molecule has 0 spiro atoms. The molecule has 0 aliphatic carbocycles. The van der Waals surface area contributed by atoms with E-state index in [0.29, 0.717) is 34.9 Å². The van der Waals surface area contributed by atoms with E-state index in [4.69, 9.17) is 29.8 Å². The summed E-state index contributed by atoms with van der Waals surface area (Å²) in [6, 6.07) is 7.77. The fourth-order valence-corrected chi connectivity index (χ4v) is 13.6. The number of carboxylic acids is 4. The zero-order valence-electron chi connectivity index (χ0n) is 72.8. The standard InChI is InChI=1S/C86H127N13O28S/c1-4-5-28-63(80(112)91-53-73(102)93-68(49-59-52-90-62-29-24-23-27-61(59)62)83(115)97-66(46-56(2)3)81(113)99-70(51-78(109)110)85(117)96-65(79(87)111)47-57-25-19-18-20-26-57)95-82(114)67(48-58-32-34-60(35-33-58)127-128(120,121)122)98-84(116)69(50-77(107)108)94-75(104)55-126-45-43-124-41-39-89-74(103)54-125-44-42-123-40-38-88-71(100)37-36-64(86(118)119)92-72(101)30-21-16-14-12-10-8-6-7-9-11-13-15-17-22-31-76(105)106/h18-20,23-27,29,32-35,52,56,63-70,90H,4-17,21-22,28,30-31,36-51,53-55H2,1-3H3,(H2,87,111)(H,88,100)(H,89,103)(H,91,112)(H,92,101)(H,93,102)(H,94,104)(H,95,114)(H,96,117)(H,97,115)(H,98,116)(H,99,113)(H,105,106)(H,107,108)(H,109,110)(H,118,119)(H,120,121,122)/t63-,64-,65-,66-,67-,68-,69-,70-/m0/s1. The van der Waals surface area contributed by atoms with E-state index in [0.717, 1.165) is 69.9 Å². The van der Waals surface area contributed by atoms with E-state index in [-0.39, 0.29) is 140 Å². The van der Waals surface area contributed by atoms with Crippen LogP contribution in [0.4, 0.5) is 0 Å². The van der Waals surface area contributed by atoms with Crippen molar-refractivity contribution in [2.45, 2.75) is 242 Å². The molecule has 0 saturated carbocycles. The Morgan fingerprint density at radius 1 is 0.406 bits per heavy atom. The van der Waals surface area contributed by atoms with Crippen molar-refractivity contribution in [2.75, 3.05) is 72.5 Å². The summed E-state index contributed by atoms with van der Waals surface area (Å²) in [5.74, 6) is -16.2. The van der Waals surface area contributed by atoms with Crippen LogP contribution in [-0.4, -0.2) is 254 Å². The molecule has 0 fully saturated rings. The molecule has 19 N–H and O–H groups in total. The van der Waals surface area contributed by atoms with Gasteiger partial charge >= 0.3 is 34.3 Å². The van der Waals surface area contributed by atoms with E-state index in [2.05, 4.69) is 67.7 Å². The molecule has 0 aliphatic heterocycles. The van der Waals surface area contributed by atoms with Gasteiger partial charge in [0.05, 0.1) is 59.0 Å². The van der Waals surface area contributed by atoms with Crippen LogP contribution in [-0.2, 0) is 125 Å². The van der Waals surface area contributed by atoms with Gasteiger partial charge in [-0.3, -0.25) is 76.5 Å². The molecule has 41 nitrogen and oxygen atoms in total. The molecule has 0 radical (unpaired) electrons. The summed E-state index contributed by atoms with van der Waals surface area (Å²) in [5.41, 5.74) is 7.59. The van der Waals surface area contributed by atoms with Crippen molar-refractivity contribution >= 4 is 116 Å². The maximum atomic E-state index is 14.6. The fourth-order valence-electron chi connectivity index (χ4n) is 13.2. The molecular formula is C86H127N13O28S. The van der Waals surface area contributed by atoms with Gasteiger partial charge in [0.25, 0.3) is 0 Å². The molecule has 4 rings (SSSR count). The van der Waals surface area contributed by atoms with E-state index in [1.54, 1.807) is 81.6 Å². The predicted molar refractivity (Wildman–Crippen MR) is 463 cm³/mol. The summed E-state index contributed by atoms with van der Waals surface area (Å²) >= 11 is 0. The summed E-state index contributed by atoms with van der Waals surface area (Å²) in [5, 5.41) is 66.1. The number of ether oxygens (including phenoxy) is 4. The van der Waals surface area contributed by atoms with Crippen LogP contribution in [0, 0.1) is 5.92 Å². The second kappa shape index (κ2) is 61.6. The van der Waals surface area contributed by atoms with Gasteiger partial charge in [-0.25, -0.2) is 4.79 Å². The van der Waals surface area contributed by atoms with Crippen molar-refractivity contribution < 1.29 is 133 Å². The quantitative estimate of drug-likeness (QED) is 0.0223. The molecule has 0 bridgehead atoms. The molecule has 1 heterocycles. The number of nitrogens with two attached hydrogens (primary N) is 1. The van der Waals surface area contributed by atoms with Crippen LogP contribution >= 0.6 is 0 Å². The largest absolute Gasteiger partial charge is 0.481 e. The van der Waals surface area contributed by atoms with Gasteiger partial charge in [0.2, 0.25) is 70.9 Å². The predicted octanol–water partition coefficient (Wildman–Crippen LogP) is 2.53. The first-order valence-corrected chi connectivity index (χ1v) is 44.5. The molecule has 128 heavy (non-hydrogen) atoms. The van der Waals surface area contributed by atoms with Crippen molar-refractivity contribution in [2.24, 2.45) is 11.7 Å². The minimum absolute atomic E-state index is 0.00976. The lowest BCUT2D eigenvalue weighted by Crippen LogP contribution is -2.59. The Bertz CT molecular complexity index is 4310. The Morgan fingerprint density at radius 2 is 0.859 bits per heavy atom. The number of carbonyl (C=O) groups is 16. The molecular weight excluding hydrogens is 1700 g/mol. The molecule has 8 atom stereocenters. The molecule has 12 amide bonds. The van der Waals surface area contributed by atoms with Gasteiger partial charge in [-0.2, -0.15) is 8.42 Å². The van der Waals surface area contributed by atoms with E-state index < -0.39 is 180 Å². The minimum atomic E-state index is -4.99. The topological polar surface area (TPSA) is 629 Å². The van der Waals surface area contributed by atoms with Gasteiger partial charge in [-0.15, -0.1) is 0 Å². The summed E-state index contributed by atoms with van der Waals surface area (Å²) in [6.45, 7) is 3.31. The lowest BCUT2D eigenvalue weighted by molar-refractivity contribution is -0.142. The third-order valence-electron chi connectivity index (χ3n) is 19.9. The number of aromatic amines is 1. The molecule has 1 aromatic heterocycles. The van der Waals surface area contributed by atoms with E-state index >= 15 is 0 Å². The summed E-state index contributed by atoms with van der Waals surface area (Å²) in [6.07, 6.45) is 14.0. The SMILES string of the molecule is CCCC[C@H](NC(=O)[C@H](Cc1ccc(OS(=O)(=O)O)cc1)NC(=O)[C@H](CC(=O)O)NC(=O)COCCOCCNC(=O)COCCOCCNC(=O)CC[C@H](NC(=O)CCCCCCCCCCCCCCCCC(=O)O)C(=O)O)C(=O)NCC(=O)N[C@@H](Cc1c[nH]c2ccccc12)C(=O)N[C@@H](CC(C)C)C(=O)N[C@@H](CC(=O)O)C(=O)N[C@@H](Cc1ccccc1)C(N)=O. The zero-order valence-corrected chi connectivity index (χ0v) is 73.6. The second-order valence-electron chi connectivity index (χ2n) is 31.1. The summed E-state index contributed by atoms with van der Waals surface area (Å²) in [4.78, 5) is 212. The van der Waals surface area contributed by atoms with Gasteiger partial charge in [0, 0.05) is 68.7 Å². The number of hydrogen-bond donors (Lipinski definition) is 18. The van der Waals surface area contributed by atoms with Gasteiger partial charge in [0.15, 0.2) is 0 Å². The van der Waals surface area contributed by atoms with E-state index in [1.807, 2.05) is 0 Å². The number of nitrogens with one attached hydrogen (secondary N) is 12. The molecule has 710 valence electrons. The fraction of sp³-hybridized carbons (Fsp3) is 0.581. The summed E-state index contributed by atoms with van der Waals surface area (Å²) in [7, 11) is -4.99. The normalized spacial score (nSPS) is 13.1. The third-order valence-corrected chi connectivity index (χ3v) is 20.3. The number of unbranched alkanes of at least 4 members (excludes halogenated alkanes) is 14. The maximum absolute atomic E-state index is 14.6. The number of para-hydroxylation sites is 1. The third kappa shape index (κ3) is 48.3. The molecule has 4 aromatic rings. The van der Waals surface area contributed by atoms with Crippen LogP contribution in [0.25, 0.3) is 10.9 Å².